The molecule has 7 N–H and O–H groups in total. The molecule has 1 atom stereocenters. The van der Waals surface area contributed by atoms with Gasteiger partial charge in [-0.15, -0.1) is 0 Å². The van der Waals surface area contributed by atoms with E-state index in [0.29, 0.717) is 45.3 Å². The highest BCUT2D eigenvalue weighted by atomic mass is 16.5. The molecule has 0 saturated heterocycles. The quantitative estimate of drug-likeness (QED) is 0.0833. The molecule has 1 aliphatic carbocycles. The summed E-state index contributed by atoms with van der Waals surface area (Å²) in [5.41, 5.74) is 15.5. The molecular formula is C34H50N6O4. The van der Waals surface area contributed by atoms with Crippen LogP contribution in [0.4, 0.5) is 4.79 Å². The molecule has 3 rings (SSSR count). The molecule has 0 bridgehead atoms. The van der Waals surface area contributed by atoms with Gasteiger partial charge in [0.05, 0.1) is 0 Å². The van der Waals surface area contributed by atoms with Crippen molar-refractivity contribution in [3.8, 4) is 11.1 Å². The number of hydrogen-bond donors (Lipinski definition) is 5. The highest BCUT2D eigenvalue weighted by Crippen LogP contribution is 2.44. The molecule has 0 aromatic heterocycles. The SMILES string of the molecule is CCCCCCCNC(=O)C(CCCN=C(N)N)NC(=O)CCCCCNC(=O)OCC1c2ccccc2-c2ccccc21. The maximum absolute atomic E-state index is 12.8. The summed E-state index contributed by atoms with van der Waals surface area (Å²) in [6, 6.07) is 15.9. The summed E-state index contributed by atoms with van der Waals surface area (Å²) in [5.74, 6) is -0.310. The Morgan fingerprint density at radius 1 is 0.818 bits per heavy atom. The van der Waals surface area contributed by atoms with Crippen molar-refractivity contribution >= 4 is 23.9 Å². The molecule has 10 nitrogen and oxygen atoms in total. The van der Waals surface area contributed by atoms with Gasteiger partial charge in [0.25, 0.3) is 0 Å². The van der Waals surface area contributed by atoms with Crippen molar-refractivity contribution in [2.75, 3.05) is 26.2 Å². The minimum absolute atomic E-state index is 0.00947. The molecule has 2 aromatic rings. The molecule has 1 aliphatic rings. The second-order valence-electron chi connectivity index (χ2n) is 11.3. The van der Waals surface area contributed by atoms with Crippen LogP contribution in [0, 0.1) is 0 Å². The predicted molar refractivity (Wildman–Crippen MR) is 175 cm³/mol. The number of fused-ring (bicyclic) bond motifs is 3. The molecule has 0 spiro atoms. The van der Waals surface area contributed by atoms with Crippen molar-refractivity contribution in [1.29, 1.82) is 0 Å². The maximum atomic E-state index is 12.8. The summed E-state index contributed by atoms with van der Waals surface area (Å²) >= 11 is 0. The first kappa shape index (κ1) is 34.4. The van der Waals surface area contributed by atoms with Gasteiger partial charge in [0.2, 0.25) is 11.8 Å². The molecular weight excluding hydrogens is 556 g/mol. The van der Waals surface area contributed by atoms with E-state index in [1.165, 1.54) is 35.1 Å². The second kappa shape index (κ2) is 19.2. The lowest BCUT2D eigenvalue weighted by molar-refractivity contribution is -0.129. The normalized spacial score (nSPS) is 12.5. The van der Waals surface area contributed by atoms with Crippen LogP contribution < -0.4 is 27.4 Å². The van der Waals surface area contributed by atoms with Crippen molar-refractivity contribution in [1.82, 2.24) is 16.0 Å². The Balaban J connectivity index is 1.32. The standard InChI is InChI=1S/C34H50N6O4/c1-2-3-4-5-12-21-37-32(42)30(19-14-23-38-33(35)36)40-31(41)20-7-6-13-22-39-34(43)44-24-29-27-17-10-8-15-25(27)26-16-9-11-18-28(26)29/h8-11,15-18,29-30H,2-7,12-14,19-24H2,1H3,(H,37,42)(H,39,43)(H,40,41)(H4,35,36,38). The molecule has 240 valence electrons. The number of rotatable bonds is 20. The first-order valence-electron chi connectivity index (χ1n) is 16.1. The Bertz CT molecular complexity index is 1180. The van der Waals surface area contributed by atoms with Crippen LogP contribution >= 0.6 is 0 Å². The van der Waals surface area contributed by atoms with Crippen LogP contribution in [0.3, 0.4) is 0 Å². The van der Waals surface area contributed by atoms with E-state index < -0.39 is 12.1 Å². The van der Waals surface area contributed by atoms with Crippen molar-refractivity contribution in [3.63, 3.8) is 0 Å². The lowest BCUT2D eigenvalue weighted by Crippen LogP contribution is -2.47. The fourth-order valence-electron chi connectivity index (χ4n) is 5.53. The lowest BCUT2D eigenvalue weighted by atomic mass is 9.98. The third-order valence-corrected chi connectivity index (χ3v) is 7.87. The van der Waals surface area contributed by atoms with Crippen LogP contribution in [0.25, 0.3) is 11.1 Å². The van der Waals surface area contributed by atoms with E-state index in [0.717, 1.165) is 32.1 Å². The maximum Gasteiger partial charge on any atom is 0.407 e. The van der Waals surface area contributed by atoms with E-state index in [-0.39, 0.29) is 30.3 Å². The number of alkyl carbamates (subject to hydrolysis) is 1. The zero-order valence-corrected chi connectivity index (χ0v) is 26.1. The van der Waals surface area contributed by atoms with Crippen molar-refractivity contribution in [2.45, 2.75) is 89.5 Å². The molecule has 0 aliphatic heterocycles. The van der Waals surface area contributed by atoms with Gasteiger partial charge in [0.1, 0.15) is 12.6 Å². The first-order valence-corrected chi connectivity index (χ1v) is 16.1. The largest absolute Gasteiger partial charge is 0.449 e. The van der Waals surface area contributed by atoms with E-state index >= 15 is 0 Å². The molecule has 0 radical (unpaired) electrons. The third kappa shape index (κ3) is 11.5. The number of nitrogens with zero attached hydrogens (tertiary/aromatic N) is 1. The fraction of sp³-hybridized carbons (Fsp3) is 0.529. The number of amides is 3. The third-order valence-electron chi connectivity index (χ3n) is 7.87. The van der Waals surface area contributed by atoms with Crippen molar-refractivity contribution < 1.29 is 19.1 Å². The van der Waals surface area contributed by atoms with Crippen molar-refractivity contribution in [2.24, 2.45) is 16.5 Å². The summed E-state index contributed by atoms with van der Waals surface area (Å²) in [4.78, 5) is 41.7. The molecule has 0 heterocycles. The van der Waals surface area contributed by atoms with Crippen LogP contribution in [0.15, 0.2) is 53.5 Å². The Kier molecular flexibility index (Phi) is 15.1. The van der Waals surface area contributed by atoms with Crippen LogP contribution in [-0.2, 0) is 14.3 Å². The van der Waals surface area contributed by atoms with Gasteiger partial charge in [-0.25, -0.2) is 4.79 Å². The topological polar surface area (TPSA) is 161 Å². The average Bonchev–Trinajstić information content (AvgIpc) is 3.34. The van der Waals surface area contributed by atoms with Gasteiger partial charge in [0.15, 0.2) is 5.96 Å². The van der Waals surface area contributed by atoms with Crippen LogP contribution in [-0.4, -0.2) is 56.2 Å². The van der Waals surface area contributed by atoms with E-state index in [2.05, 4.69) is 52.1 Å². The highest BCUT2D eigenvalue weighted by molar-refractivity contribution is 5.87. The number of aliphatic imine (C=N–C) groups is 1. The molecule has 2 aromatic carbocycles. The number of unbranched alkanes of at least 4 members (excludes halogenated alkanes) is 6. The van der Waals surface area contributed by atoms with E-state index in [4.69, 9.17) is 16.2 Å². The van der Waals surface area contributed by atoms with E-state index in [1.54, 1.807) is 0 Å². The van der Waals surface area contributed by atoms with Gasteiger partial charge >= 0.3 is 6.09 Å². The molecule has 0 saturated carbocycles. The smallest absolute Gasteiger partial charge is 0.407 e. The number of carbonyl (C=O) groups excluding carboxylic acids is 3. The monoisotopic (exact) mass is 606 g/mol. The number of benzene rings is 2. The molecule has 44 heavy (non-hydrogen) atoms. The van der Waals surface area contributed by atoms with Gasteiger partial charge in [-0.1, -0.05) is 87.6 Å². The zero-order chi connectivity index (χ0) is 31.6. The fourth-order valence-corrected chi connectivity index (χ4v) is 5.53. The van der Waals surface area contributed by atoms with Crippen LogP contribution in [0.2, 0.25) is 0 Å². The van der Waals surface area contributed by atoms with E-state index in [1.807, 2.05) is 24.3 Å². The number of hydrogen-bond acceptors (Lipinski definition) is 5. The van der Waals surface area contributed by atoms with Gasteiger partial charge in [-0.3, -0.25) is 14.6 Å². The summed E-state index contributed by atoms with van der Waals surface area (Å²) < 4.78 is 5.58. The Morgan fingerprint density at radius 3 is 2.09 bits per heavy atom. The summed E-state index contributed by atoms with van der Waals surface area (Å²) in [7, 11) is 0. The molecule has 10 heteroatoms. The second-order valence-corrected chi connectivity index (χ2v) is 11.3. The molecule has 3 amide bonds. The van der Waals surface area contributed by atoms with E-state index in [9.17, 15) is 14.4 Å². The van der Waals surface area contributed by atoms with Gasteiger partial charge in [-0.05, 0) is 54.4 Å². The minimum Gasteiger partial charge on any atom is -0.449 e. The summed E-state index contributed by atoms with van der Waals surface area (Å²) in [6.45, 7) is 3.91. The zero-order valence-electron chi connectivity index (χ0n) is 26.1. The average molecular weight is 607 g/mol. The molecule has 0 fully saturated rings. The van der Waals surface area contributed by atoms with Crippen LogP contribution in [0.5, 0.6) is 0 Å². The van der Waals surface area contributed by atoms with Crippen molar-refractivity contribution in [3.05, 3.63) is 59.7 Å². The lowest BCUT2D eigenvalue weighted by Gasteiger charge is -2.18. The Hall–Kier alpha value is -4.08. The number of nitrogens with two attached hydrogens (primary N) is 2. The van der Waals surface area contributed by atoms with Gasteiger partial charge in [0, 0.05) is 32.0 Å². The van der Waals surface area contributed by atoms with Gasteiger partial charge < -0.3 is 32.2 Å². The Labute approximate surface area is 261 Å². The highest BCUT2D eigenvalue weighted by Gasteiger charge is 2.29. The summed E-state index contributed by atoms with van der Waals surface area (Å²) in [5, 5.41) is 8.66. The van der Waals surface area contributed by atoms with Crippen LogP contribution in [0.1, 0.15) is 94.6 Å². The first-order chi connectivity index (χ1) is 21.4. The summed E-state index contributed by atoms with van der Waals surface area (Å²) in [6.07, 6.45) is 8.55. The number of carbonyl (C=O) groups is 3. The Morgan fingerprint density at radius 2 is 1.43 bits per heavy atom. The number of nitrogens with one attached hydrogen (secondary N) is 3. The predicted octanol–water partition coefficient (Wildman–Crippen LogP) is 4.71. The number of guanidine groups is 1. The molecule has 1 unspecified atom stereocenters. The van der Waals surface area contributed by atoms with Gasteiger partial charge in [-0.2, -0.15) is 0 Å². The number of ether oxygens (including phenoxy) is 1. The minimum atomic E-state index is -0.623.